The minimum atomic E-state index is -0.844. The number of amides is 1. The monoisotopic (exact) mass is 526 g/mol. The molecule has 4 rings (SSSR count). The number of hydrogen-bond acceptors (Lipinski definition) is 5. The Bertz CT molecular complexity index is 1160. The second kappa shape index (κ2) is 12.3. The Morgan fingerprint density at radius 3 is 2.11 bits per heavy atom. The number of piperidine rings is 2. The zero-order chi connectivity index (χ0) is 27.2. The fourth-order valence-electron chi connectivity index (χ4n) is 5.56. The topological polar surface area (TPSA) is 87.2 Å². The average molecular weight is 527 g/mol. The SMILES string of the molecule is COC(=O)c1ccc(C2CCN(C(C(=O)O)C3CCN(C(=O)/C=C/c4cc(F)cc(F)c4)CC3)CC2)cc1. The number of carboxylic acid groups (broad SMARTS) is 1. The van der Waals surface area contributed by atoms with Crippen molar-refractivity contribution in [1.82, 2.24) is 9.80 Å². The first-order valence-electron chi connectivity index (χ1n) is 12.8. The van der Waals surface area contributed by atoms with Crippen LogP contribution in [0.5, 0.6) is 0 Å². The van der Waals surface area contributed by atoms with Crippen molar-refractivity contribution in [2.75, 3.05) is 33.3 Å². The Morgan fingerprint density at radius 2 is 1.55 bits per heavy atom. The standard InChI is InChI=1S/C29H32F2N2O5/c1-38-29(37)23-5-3-20(4-6-23)21-8-14-33(15-9-21)27(28(35)36)22-10-12-32(13-11-22)26(34)7-2-19-16-24(30)18-25(31)17-19/h2-7,16-18,21-22,27H,8-15H2,1H3,(H,35,36)/b7-2+. The Balaban J connectivity index is 1.30. The van der Waals surface area contributed by atoms with Crippen LogP contribution in [-0.2, 0) is 14.3 Å². The number of likely N-dealkylation sites (tertiary alicyclic amines) is 2. The first kappa shape index (κ1) is 27.4. The van der Waals surface area contributed by atoms with Crippen LogP contribution in [0.1, 0.15) is 53.1 Å². The molecular weight excluding hydrogens is 494 g/mol. The zero-order valence-corrected chi connectivity index (χ0v) is 21.3. The molecule has 0 saturated carbocycles. The van der Waals surface area contributed by atoms with Gasteiger partial charge in [0.2, 0.25) is 5.91 Å². The molecule has 0 radical (unpaired) electrons. The Kier molecular flexibility index (Phi) is 8.89. The first-order chi connectivity index (χ1) is 18.2. The van der Waals surface area contributed by atoms with E-state index in [0.717, 1.165) is 36.6 Å². The molecule has 38 heavy (non-hydrogen) atoms. The van der Waals surface area contributed by atoms with Gasteiger partial charge in [0, 0.05) is 25.2 Å². The number of nitrogens with zero attached hydrogens (tertiary/aromatic N) is 2. The Morgan fingerprint density at radius 1 is 0.947 bits per heavy atom. The van der Waals surface area contributed by atoms with Crippen LogP contribution in [0.25, 0.3) is 6.08 Å². The highest BCUT2D eigenvalue weighted by atomic mass is 19.1. The molecule has 1 atom stereocenters. The van der Waals surface area contributed by atoms with Gasteiger partial charge in [-0.2, -0.15) is 0 Å². The Hall–Kier alpha value is -3.59. The van der Waals surface area contributed by atoms with Crippen molar-refractivity contribution >= 4 is 23.9 Å². The van der Waals surface area contributed by atoms with E-state index in [1.807, 2.05) is 17.0 Å². The lowest BCUT2D eigenvalue weighted by molar-refractivity contribution is -0.147. The van der Waals surface area contributed by atoms with E-state index >= 15 is 0 Å². The van der Waals surface area contributed by atoms with Crippen molar-refractivity contribution in [2.45, 2.75) is 37.6 Å². The number of esters is 1. The highest BCUT2D eigenvalue weighted by Crippen LogP contribution is 2.32. The van der Waals surface area contributed by atoms with Gasteiger partial charge in [0.25, 0.3) is 0 Å². The lowest BCUT2D eigenvalue weighted by atomic mass is 9.84. The van der Waals surface area contributed by atoms with Gasteiger partial charge in [-0.15, -0.1) is 0 Å². The summed E-state index contributed by atoms with van der Waals surface area (Å²) in [5.74, 6) is -2.68. The molecule has 0 spiro atoms. The fourth-order valence-corrected chi connectivity index (χ4v) is 5.56. The second-order valence-electron chi connectivity index (χ2n) is 9.91. The number of carbonyl (C=O) groups excluding carboxylic acids is 2. The average Bonchev–Trinajstić information content (AvgIpc) is 2.91. The van der Waals surface area contributed by atoms with Crippen LogP contribution in [-0.4, -0.2) is 72.1 Å². The van der Waals surface area contributed by atoms with E-state index in [2.05, 4.69) is 0 Å². The summed E-state index contributed by atoms with van der Waals surface area (Å²) in [6.45, 7) is 2.18. The highest BCUT2D eigenvalue weighted by molar-refractivity contribution is 5.92. The van der Waals surface area contributed by atoms with Gasteiger partial charge in [-0.25, -0.2) is 13.6 Å². The molecule has 2 aliphatic rings. The molecule has 9 heteroatoms. The molecule has 202 valence electrons. The lowest BCUT2D eigenvalue weighted by Crippen LogP contribution is -2.52. The summed E-state index contributed by atoms with van der Waals surface area (Å²) in [5.41, 5.74) is 1.90. The fraction of sp³-hybridized carbons (Fsp3) is 0.414. The van der Waals surface area contributed by atoms with Gasteiger partial charge < -0.3 is 14.7 Å². The molecule has 1 unspecified atom stereocenters. The number of benzene rings is 2. The van der Waals surface area contributed by atoms with Gasteiger partial charge >= 0.3 is 11.9 Å². The van der Waals surface area contributed by atoms with E-state index in [1.165, 1.54) is 19.3 Å². The van der Waals surface area contributed by atoms with Crippen molar-refractivity contribution in [1.29, 1.82) is 0 Å². The van der Waals surface area contributed by atoms with Gasteiger partial charge in [0.1, 0.15) is 17.7 Å². The summed E-state index contributed by atoms with van der Waals surface area (Å²) in [5, 5.41) is 10.1. The number of methoxy groups -OCH3 is 1. The van der Waals surface area contributed by atoms with Crippen LogP contribution >= 0.6 is 0 Å². The molecule has 0 aromatic heterocycles. The van der Waals surface area contributed by atoms with E-state index in [1.54, 1.807) is 17.0 Å². The van der Waals surface area contributed by atoms with E-state index in [9.17, 15) is 28.3 Å². The number of carboxylic acids is 1. The van der Waals surface area contributed by atoms with Crippen molar-refractivity contribution in [2.24, 2.45) is 5.92 Å². The zero-order valence-electron chi connectivity index (χ0n) is 21.3. The molecule has 2 aromatic rings. The Labute approximate surface area is 220 Å². The summed E-state index contributed by atoms with van der Waals surface area (Å²) in [7, 11) is 1.35. The molecule has 1 amide bonds. The van der Waals surface area contributed by atoms with Crippen LogP contribution in [0.4, 0.5) is 8.78 Å². The molecule has 1 N–H and O–H groups in total. The van der Waals surface area contributed by atoms with Crippen LogP contribution in [0.3, 0.4) is 0 Å². The predicted octanol–water partition coefficient (Wildman–Crippen LogP) is 4.34. The normalized spacial score (nSPS) is 18.4. The molecule has 0 aliphatic carbocycles. The lowest BCUT2D eigenvalue weighted by Gasteiger charge is -2.41. The molecule has 7 nitrogen and oxygen atoms in total. The third-order valence-electron chi connectivity index (χ3n) is 7.58. The first-order valence-corrected chi connectivity index (χ1v) is 12.8. The van der Waals surface area contributed by atoms with Gasteiger partial charge in [-0.3, -0.25) is 14.5 Å². The summed E-state index contributed by atoms with van der Waals surface area (Å²) in [4.78, 5) is 40.2. The number of halogens is 2. The third kappa shape index (κ3) is 6.64. The van der Waals surface area contributed by atoms with E-state index in [-0.39, 0.29) is 23.4 Å². The quantitative estimate of drug-likeness (QED) is 0.427. The van der Waals surface area contributed by atoms with Gasteiger partial charge in [0.15, 0.2) is 0 Å². The van der Waals surface area contributed by atoms with E-state index in [4.69, 9.17) is 4.74 Å². The largest absolute Gasteiger partial charge is 0.480 e. The molecule has 0 bridgehead atoms. The van der Waals surface area contributed by atoms with Crippen molar-refractivity contribution in [3.63, 3.8) is 0 Å². The highest BCUT2D eigenvalue weighted by Gasteiger charge is 2.38. The predicted molar refractivity (Wildman–Crippen MR) is 137 cm³/mol. The molecule has 2 saturated heterocycles. The van der Waals surface area contributed by atoms with Gasteiger partial charge in [-0.1, -0.05) is 12.1 Å². The van der Waals surface area contributed by atoms with Crippen LogP contribution in [0.2, 0.25) is 0 Å². The molecular formula is C29H32F2N2O5. The third-order valence-corrected chi connectivity index (χ3v) is 7.58. The number of hydrogen-bond donors (Lipinski definition) is 1. The van der Waals surface area contributed by atoms with Gasteiger partial charge in [-0.05, 0) is 92.1 Å². The summed E-state index contributed by atoms with van der Waals surface area (Å²) < 4.78 is 31.5. The number of rotatable bonds is 7. The molecule has 2 aromatic carbocycles. The van der Waals surface area contributed by atoms with E-state index in [0.29, 0.717) is 50.5 Å². The van der Waals surface area contributed by atoms with E-state index < -0.39 is 23.6 Å². The maximum atomic E-state index is 13.4. The van der Waals surface area contributed by atoms with Crippen molar-refractivity contribution < 1.29 is 33.0 Å². The van der Waals surface area contributed by atoms with Crippen LogP contribution in [0.15, 0.2) is 48.5 Å². The van der Waals surface area contributed by atoms with Gasteiger partial charge in [0.05, 0.1) is 12.7 Å². The number of aliphatic carboxylic acids is 1. The van der Waals surface area contributed by atoms with Crippen LogP contribution < -0.4 is 0 Å². The summed E-state index contributed by atoms with van der Waals surface area (Å²) >= 11 is 0. The number of ether oxygens (including phenoxy) is 1. The molecule has 2 heterocycles. The summed E-state index contributed by atoms with van der Waals surface area (Å²) in [6, 6.07) is 9.85. The van der Waals surface area contributed by atoms with Crippen molar-refractivity contribution in [3.05, 3.63) is 76.9 Å². The smallest absolute Gasteiger partial charge is 0.337 e. The molecule has 2 fully saturated rings. The summed E-state index contributed by atoms with van der Waals surface area (Å²) in [6.07, 6.45) is 5.47. The number of carbonyl (C=O) groups is 3. The maximum Gasteiger partial charge on any atom is 0.337 e. The minimum absolute atomic E-state index is 0.0752. The minimum Gasteiger partial charge on any atom is -0.480 e. The second-order valence-corrected chi connectivity index (χ2v) is 9.91. The maximum absolute atomic E-state index is 13.4. The van der Waals surface area contributed by atoms with Crippen molar-refractivity contribution in [3.8, 4) is 0 Å². The van der Waals surface area contributed by atoms with Crippen LogP contribution in [0, 0.1) is 17.6 Å². The molecule has 2 aliphatic heterocycles.